The number of nitrogens with one attached hydrogen (secondary N) is 1. The number of aromatic nitrogens is 1. The molecule has 4 heteroatoms. The van der Waals surface area contributed by atoms with E-state index in [0.717, 1.165) is 27.8 Å². The lowest BCUT2D eigenvalue weighted by atomic mass is 9.68. The Balaban J connectivity index is 2.39. The summed E-state index contributed by atoms with van der Waals surface area (Å²) < 4.78 is 5.80. The van der Waals surface area contributed by atoms with E-state index in [-0.39, 0.29) is 0 Å². The second-order valence-corrected chi connectivity index (χ2v) is 9.38. The second kappa shape index (κ2) is 12.7. The zero-order valence-electron chi connectivity index (χ0n) is 22.1. The number of nitrogens with zero attached hydrogens (tertiary/aromatic N) is 1. The van der Waals surface area contributed by atoms with Gasteiger partial charge in [-0.3, -0.25) is 0 Å². The van der Waals surface area contributed by atoms with Crippen LogP contribution in [0.4, 0.5) is 0 Å². The molecule has 1 saturated carbocycles. The number of rotatable bonds is 13. The second-order valence-electron chi connectivity index (χ2n) is 9.38. The van der Waals surface area contributed by atoms with E-state index in [1.165, 1.54) is 18.4 Å². The summed E-state index contributed by atoms with van der Waals surface area (Å²) in [7, 11) is 3.55. The van der Waals surface area contributed by atoms with Crippen molar-refractivity contribution in [3.8, 4) is 5.88 Å². The van der Waals surface area contributed by atoms with Gasteiger partial charge in [0.15, 0.2) is 0 Å². The summed E-state index contributed by atoms with van der Waals surface area (Å²) in [6.07, 6.45) is 14.3. The third-order valence-electron chi connectivity index (χ3n) is 6.93. The quantitative estimate of drug-likeness (QED) is 0.313. The zero-order valence-corrected chi connectivity index (χ0v) is 22.1. The van der Waals surface area contributed by atoms with Gasteiger partial charge >= 0.3 is 0 Å². The average Bonchev–Trinajstić information content (AvgIpc) is 3.75. The van der Waals surface area contributed by atoms with Crippen LogP contribution in [0.1, 0.15) is 61.6 Å². The first-order valence-corrected chi connectivity index (χ1v) is 12.7. The van der Waals surface area contributed by atoms with Crippen LogP contribution in [0, 0.1) is 0 Å². The maximum absolute atomic E-state index is 13.0. The van der Waals surface area contributed by atoms with E-state index in [9.17, 15) is 5.11 Å². The largest absolute Gasteiger partial charge is 0.481 e. The van der Waals surface area contributed by atoms with Crippen LogP contribution in [-0.4, -0.2) is 36.4 Å². The van der Waals surface area contributed by atoms with Gasteiger partial charge in [-0.25, -0.2) is 4.98 Å². The van der Waals surface area contributed by atoms with Crippen molar-refractivity contribution in [3.05, 3.63) is 120 Å². The van der Waals surface area contributed by atoms with Crippen molar-refractivity contribution in [1.82, 2.24) is 10.3 Å². The summed E-state index contributed by atoms with van der Waals surface area (Å²) in [5, 5.41) is 16.2. The number of hydrogen-bond acceptors (Lipinski definition) is 4. The van der Waals surface area contributed by atoms with Gasteiger partial charge in [0.1, 0.15) is 5.60 Å². The van der Waals surface area contributed by atoms with Crippen molar-refractivity contribution in [3.63, 3.8) is 0 Å². The molecule has 2 atom stereocenters. The topological polar surface area (TPSA) is 54.4 Å². The minimum absolute atomic E-state index is 0.433. The smallest absolute Gasteiger partial charge is 0.216 e. The van der Waals surface area contributed by atoms with Crippen LogP contribution in [0.5, 0.6) is 5.88 Å². The molecule has 0 aliphatic heterocycles. The molecule has 190 valence electrons. The Morgan fingerprint density at radius 1 is 1.28 bits per heavy atom. The minimum atomic E-state index is -1.31. The lowest BCUT2D eigenvalue weighted by Crippen LogP contribution is -2.42. The standard InChI is InChI=1S/C32H40N2O2/c1-7-13-27(23(4)9-3)29(14-8-2)32(35,19-20-33-5)30(25-15-11-10-12-16-25)28-21-26(24-17-18-24)22-34-31(28)36-6/h7-16,21-22,24,30,33,35H,2-3,17-20H2,1,4-6H3/b13-7-,27-23+,29-14+. The van der Waals surface area contributed by atoms with Crippen LogP contribution in [0.3, 0.4) is 0 Å². The summed E-state index contributed by atoms with van der Waals surface area (Å²) in [5.74, 6) is 0.622. The van der Waals surface area contributed by atoms with Crippen molar-refractivity contribution < 1.29 is 9.84 Å². The minimum Gasteiger partial charge on any atom is -0.481 e. The number of ether oxygens (including phenoxy) is 1. The fourth-order valence-electron chi connectivity index (χ4n) is 4.91. The fourth-order valence-corrected chi connectivity index (χ4v) is 4.91. The Morgan fingerprint density at radius 2 is 2.00 bits per heavy atom. The lowest BCUT2D eigenvalue weighted by molar-refractivity contribution is 0.0540. The van der Waals surface area contributed by atoms with Crippen LogP contribution in [0.2, 0.25) is 0 Å². The molecule has 1 aliphatic rings. The summed E-state index contributed by atoms with van der Waals surface area (Å²) in [4.78, 5) is 4.71. The average molecular weight is 485 g/mol. The van der Waals surface area contributed by atoms with Gasteiger partial charge in [-0.05, 0) is 86.5 Å². The maximum atomic E-state index is 13.0. The number of pyridine rings is 1. The maximum Gasteiger partial charge on any atom is 0.216 e. The third-order valence-corrected chi connectivity index (χ3v) is 6.93. The molecular weight excluding hydrogens is 444 g/mol. The predicted molar refractivity (Wildman–Crippen MR) is 151 cm³/mol. The van der Waals surface area contributed by atoms with Gasteiger partial charge in [-0.2, -0.15) is 0 Å². The first kappa shape index (κ1) is 27.4. The van der Waals surface area contributed by atoms with Gasteiger partial charge in [0.25, 0.3) is 0 Å². The van der Waals surface area contributed by atoms with Crippen molar-refractivity contribution in [2.24, 2.45) is 0 Å². The molecule has 2 aromatic rings. The lowest BCUT2D eigenvalue weighted by Gasteiger charge is -2.40. The highest BCUT2D eigenvalue weighted by atomic mass is 16.5. The summed E-state index contributed by atoms with van der Waals surface area (Å²) in [6.45, 7) is 12.6. The molecule has 0 saturated heterocycles. The molecule has 3 rings (SSSR count). The highest BCUT2D eigenvalue weighted by molar-refractivity contribution is 5.56. The summed E-state index contributed by atoms with van der Waals surface area (Å²) >= 11 is 0. The van der Waals surface area contributed by atoms with E-state index >= 15 is 0 Å². The van der Waals surface area contributed by atoms with Gasteiger partial charge in [0.05, 0.1) is 7.11 Å². The van der Waals surface area contributed by atoms with Crippen LogP contribution in [0.15, 0.2) is 103 Å². The Morgan fingerprint density at radius 3 is 2.56 bits per heavy atom. The van der Waals surface area contributed by atoms with Crippen molar-refractivity contribution in [1.29, 1.82) is 0 Å². The van der Waals surface area contributed by atoms with E-state index in [2.05, 4.69) is 36.7 Å². The Labute approximate surface area is 216 Å². The first-order valence-electron chi connectivity index (χ1n) is 12.7. The molecule has 1 aromatic heterocycles. The molecule has 0 amide bonds. The van der Waals surface area contributed by atoms with Crippen LogP contribution in [-0.2, 0) is 0 Å². The van der Waals surface area contributed by atoms with Crippen molar-refractivity contribution in [2.75, 3.05) is 20.7 Å². The molecule has 4 nitrogen and oxygen atoms in total. The highest BCUT2D eigenvalue weighted by Crippen LogP contribution is 2.49. The Bertz CT molecular complexity index is 1140. The van der Waals surface area contributed by atoms with Gasteiger partial charge < -0.3 is 15.2 Å². The normalized spacial score (nSPS) is 17.3. The third kappa shape index (κ3) is 5.95. The molecule has 1 aliphatic carbocycles. The molecule has 2 unspecified atom stereocenters. The van der Waals surface area contributed by atoms with E-state index in [4.69, 9.17) is 9.72 Å². The van der Waals surface area contributed by atoms with Crippen LogP contribution >= 0.6 is 0 Å². The molecule has 0 radical (unpaired) electrons. The number of allylic oxidation sites excluding steroid dienone is 6. The monoisotopic (exact) mass is 484 g/mol. The molecule has 1 fully saturated rings. The number of benzene rings is 1. The van der Waals surface area contributed by atoms with Crippen LogP contribution < -0.4 is 10.1 Å². The SMILES string of the molecule is C=C\C=C(C(/C=C\C)=C(\C)C=C)\C(O)(CCNC)C(c1ccccc1)c1cc(C2CC2)cnc1OC. The van der Waals surface area contributed by atoms with Gasteiger partial charge in [-0.1, -0.05) is 73.9 Å². The first-order chi connectivity index (χ1) is 17.4. The van der Waals surface area contributed by atoms with Gasteiger partial charge in [0, 0.05) is 17.7 Å². The van der Waals surface area contributed by atoms with E-state index < -0.39 is 11.5 Å². The Kier molecular flexibility index (Phi) is 9.63. The summed E-state index contributed by atoms with van der Waals surface area (Å²) in [6, 6.07) is 12.4. The molecule has 0 spiro atoms. The molecule has 1 aromatic carbocycles. The molecule has 0 bridgehead atoms. The number of aliphatic hydroxyl groups is 1. The van der Waals surface area contributed by atoms with E-state index in [1.54, 1.807) is 13.2 Å². The van der Waals surface area contributed by atoms with E-state index in [1.807, 2.05) is 69.6 Å². The Hall–Kier alpha value is -3.21. The summed E-state index contributed by atoms with van der Waals surface area (Å²) in [5.41, 5.74) is 4.46. The predicted octanol–water partition coefficient (Wildman–Crippen LogP) is 6.63. The van der Waals surface area contributed by atoms with Gasteiger partial charge in [0.2, 0.25) is 5.88 Å². The molecule has 1 heterocycles. The van der Waals surface area contributed by atoms with E-state index in [0.29, 0.717) is 24.8 Å². The molecule has 2 N–H and O–H groups in total. The fraction of sp³-hybridized carbons (Fsp3) is 0.344. The molecular formula is C32H40N2O2. The number of methoxy groups -OCH3 is 1. The van der Waals surface area contributed by atoms with Crippen LogP contribution in [0.25, 0.3) is 0 Å². The zero-order chi connectivity index (χ0) is 26.1. The highest BCUT2D eigenvalue weighted by Gasteiger charge is 2.44. The van der Waals surface area contributed by atoms with Crippen molar-refractivity contribution in [2.45, 2.75) is 50.5 Å². The van der Waals surface area contributed by atoms with Crippen molar-refractivity contribution >= 4 is 0 Å². The van der Waals surface area contributed by atoms with Gasteiger partial charge in [-0.15, -0.1) is 0 Å². The molecule has 36 heavy (non-hydrogen) atoms. The number of hydrogen-bond donors (Lipinski definition) is 2.